The molecule has 3 rings (SSSR count). The van der Waals surface area contributed by atoms with E-state index in [1.165, 1.54) is 0 Å². The summed E-state index contributed by atoms with van der Waals surface area (Å²) >= 11 is 0. The number of amides is 1. The summed E-state index contributed by atoms with van der Waals surface area (Å²) in [6.07, 6.45) is -0.793. The Balaban J connectivity index is 0.00000208. The van der Waals surface area contributed by atoms with Crippen LogP contribution in [0.2, 0.25) is 0 Å². The summed E-state index contributed by atoms with van der Waals surface area (Å²) in [5.74, 6) is 0.266. The Hall–Kier alpha value is -1.99. The third-order valence-electron chi connectivity index (χ3n) is 4.07. The van der Waals surface area contributed by atoms with Crippen LogP contribution in [0.1, 0.15) is 19.2 Å². The van der Waals surface area contributed by atoms with E-state index in [1.807, 2.05) is 13.0 Å². The number of halogens is 2. The Morgan fingerprint density at radius 1 is 1.42 bits per heavy atom. The van der Waals surface area contributed by atoms with Gasteiger partial charge in [-0.2, -0.15) is 0 Å². The lowest BCUT2D eigenvalue weighted by atomic mass is 10.2. The average Bonchev–Trinajstić information content (AvgIpc) is 2.98. The summed E-state index contributed by atoms with van der Waals surface area (Å²) in [5, 5.41) is 3.41. The molecular formula is C16H20ClFN4O2. The molecule has 0 saturated carbocycles. The number of nitrogens with zero attached hydrogens (tertiary/aromatic N) is 2. The number of para-hydroxylation sites is 1. The topological polar surface area (TPSA) is 78.1 Å². The number of aromatic amines is 1. The Morgan fingerprint density at radius 3 is 2.83 bits per heavy atom. The van der Waals surface area contributed by atoms with Gasteiger partial charge in [-0.05, 0) is 19.1 Å². The molecule has 0 spiro atoms. The number of nitrogens with one attached hydrogen (secondary N) is 2. The average molecular weight is 355 g/mol. The number of carbonyl (C=O) groups is 1. The second-order valence-electron chi connectivity index (χ2n) is 5.68. The molecule has 0 bridgehead atoms. The van der Waals surface area contributed by atoms with E-state index in [-0.39, 0.29) is 43.4 Å². The van der Waals surface area contributed by atoms with Crippen molar-refractivity contribution >= 4 is 29.2 Å². The zero-order valence-electron chi connectivity index (χ0n) is 13.3. The quantitative estimate of drug-likeness (QED) is 0.869. The van der Waals surface area contributed by atoms with E-state index < -0.39 is 12.2 Å². The van der Waals surface area contributed by atoms with Crippen molar-refractivity contribution in [2.24, 2.45) is 0 Å². The predicted octanol–water partition coefficient (Wildman–Crippen LogP) is 1.39. The summed E-state index contributed by atoms with van der Waals surface area (Å²) in [5.41, 5.74) is 0.370. The normalized spacial score (nSPS) is 19.9. The van der Waals surface area contributed by atoms with Crippen molar-refractivity contribution in [1.82, 2.24) is 20.2 Å². The highest BCUT2D eigenvalue weighted by molar-refractivity contribution is 5.85. The Morgan fingerprint density at radius 2 is 2.17 bits per heavy atom. The monoisotopic (exact) mass is 354 g/mol. The van der Waals surface area contributed by atoms with Crippen LogP contribution in [-0.2, 0) is 11.3 Å². The molecule has 1 aliphatic rings. The Labute approximate surface area is 144 Å². The zero-order chi connectivity index (χ0) is 16.4. The second kappa shape index (κ2) is 7.72. The number of aromatic nitrogens is 2. The van der Waals surface area contributed by atoms with E-state index in [0.717, 1.165) is 0 Å². The largest absolute Gasteiger partial charge is 0.334 e. The smallest absolute Gasteiger partial charge is 0.258 e. The lowest BCUT2D eigenvalue weighted by Crippen LogP contribution is -2.43. The van der Waals surface area contributed by atoms with E-state index in [0.29, 0.717) is 23.3 Å². The molecule has 0 radical (unpaired) electrons. The molecule has 8 heteroatoms. The van der Waals surface area contributed by atoms with Gasteiger partial charge in [0.2, 0.25) is 5.91 Å². The number of carbonyl (C=O) groups excluding carboxylic acids is 1. The first-order valence-corrected chi connectivity index (χ1v) is 7.72. The molecular weight excluding hydrogens is 335 g/mol. The number of likely N-dealkylation sites (N-methyl/N-ethyl adjacent to an activating group) is 1. The molecule has 1 fully saturated rings. The Kier molecular flexibility index (Phi) is 5.90. The number of fused-ring (bicyclic) bond motifs is 1. The maximum absolute atomic E-state index is 13.3. The molecule has 1 amide bonds. The minimum Gasteiger partial charge on any atom is -0.334 e. The van der Waals surface area contributed by atoms with E-state index in [2.05, 4.69) is 15.3 Å². The summed E-state index contributed by atoms with van der Waals surface area (Å²) < 4.78 is 13.3. The minimum atomic E-state index is -0.985. The van der Waals surface area contributed by atoms with Gasteiger partial charge in [-0.1, -0.05) is 12.1 Å². The molecule has 1 aromatic heterocycles. The fraction of sp³-hybridized carbons (Fsp3) is 0.438. The molecule has 24 heavy (non-hydrogen) atoms. The van der Waals surface area contributed by atoms with Gasteiger partial charge in [0.05, 0.1) is 23.5 Å². The molecule has 0 unspecified atom stereocenters. The summed E-state index contributed by atoms with van der Waals surface area (Å²) in [7, 11) is 0. The van der Waals surface area contributed by atoms with Crippen LogP contribution in [0.3, 0.4) is 0 Å². The van der Waals surface area contributed by atoms with Crippen LogP contribution in [0.5, 0.6) is 0 Å². The fourth-order valence-electron chi connectivity index (χ4n) is 2.84. The number of H-pyrrole nitrogens is 1. The molecule has 2 N–H and O–H groups in total. The van der Waals surface area contributed by atoms with Crippen LogP contribution in [0, 0.1) is 0 Å². The van der Waals surface area contributed by atoms with Crippen molar-refractivity contribution in [2.75, 3.05) is 13.1 Å². The van der Waals surface area contributed by atoms with Gasteiger partial charge in [-0.3, -0.25) is 9.59 Å². The van der Waals surface area contributed by atoms with Gasteiger partial charge < -0.3 is 15.2 Å². The Bertz CT molecular complexity index is 782. The first-order valence-electron chi connectivity index (χ1n) is 7.72. The molecule has 6 nitrogen and oxygen atoms in total. The summed E-state index contributed by atoms with van der Waals surface area (Å²) in [4.78, 5) is 33.2. The zero-order valence-corrected chi connectivity index (χ0v) is 14.1. The maximum atomic E-state index is 13.3. The van der Waals surface area contributed by atoms with Crippen LogP contribution in [-0.4, -0.2) is 46.1 Å². The summed E-state index contributed by atoms with van der Waals surface area (Å²) in [6.45, 7) is 2.72. The standard InChI is InChI=1S/C16H19FN4O2.ClH/c1-2-21(16(23)13-7-10(17)8-18-13)9-14-19-12-6-4-3-5-11(12)15(22)20-14;/h3-6,10,13,18H,2,7-9H2,1H3,(H,19,20,22);1H/t10-,13+;/m0./s1. The van der Waals surface area contributed by atoms with Gasteiger partial charge in [0.15, 0.2) is 0 Å². The number of alkyl halides is 1. The molecule has 130 valence electrons. The molecule has 2 aromatic rings. The lowest BCUT2D eigenvalue weighted by molar-refractivity contribution is -0.133. The molecule has 1 saturated heterocycles. The molecule has 1 aromatic carbocycles. The van der Waals surface area contributed by atoms with Gasteiger partial charge >= 0.3 is 0 Å². The highest BCUT2D eigenvalue weighted by Gasteiger charge is 2.32. The van der Waals surface area contributed by atoms with Crippen molar-refractivity contribution in [2.45, 2.75) is 32.1 Å². The van der Waals surface area contributed by atoms with Gasteiger partial charge in [-0.25, -0.2) is 9.37 Å². The third-order valence-corrected chi connectivity index (χ3v) is 4.07. The van der Waals surface area contributed by atoms with E-state index >= 15 is 0 Å². The predicted molar refractivity (Wildman–Crippen MR) is 92.0 cm³/mol. The van der Waals surface area contributed by atoms with Crippen LogP contribution in [0.4, 0.5) is 4.39 Å². The maximum Gasteiger partial charge on any atom is 0.258 e. The molecule has 0 aliphatic carbocycles. The van der Waals surface area contributed by atoms with Crippen LogP contribution >= 0.6 is 12.4 Å². The van der Waals surface area contributed by atoms with E-state index in [1.54, 1.807) is 23.1 Å². The third kappa shape index (κ3) is 3.73. The number of hydrogen-bond acceptors (Lipinski definition) is 4. The van der Waals surface area contributed by atoms with Crippen molar-refractivity contribution < 1.29 is 9.18 Å². The summed E-state index contributed by atoms with van der Waals surface area (Å²) in [6, 6.07) is 6.55. The highest BCUT2D eigenvalue weighted by Crippen LogP contribution is 2.14. The van der Waals surface area contributed by atoms with E-state index in [4.69, 9.17) is 0 Å². The first-order chi connectivity index (χ1) is 11.1. The van der Waals surface area contributed by atoms with Crippen molar-refractivity contribution in [3.05, 3.63) is 40.4 Å². The highest BCUT2D eigenvalue weighted by atomic mass is 35.5. The molecule has 1 aliphatic heterocycles. The van der Waals surface area contributed by atoms with E-state index in [9.17, 15) is 14.0 Å². The van der Waals surface area contributed by atoms with Gasteiger partial charge in [0, 0.05) is 19.5 Å². The van der Waals surface area contributed by atoms with Crippen molar-refractivity contribution in [3.63, 3.8) is 0 Å². The SMILES string of the molecule is CCN(Cc1nc2ccccc2c(=O)[nH]1)C(=O)[C@H]1C[C@H](F)CN1.Cl. The number of hydrogen-bond donors (Lipinski definition) is 2. The van der Waals surface area contributed by atoms with Gasteiger partial charge in [-0.15, -0.1) is 12.4 Å². The first kappa shape index (κ1) is 18.4. The van der Waals surface area contributed by atoms with Crippen molar-refractivity contribution in [1.29, 1.82) is 0 Å². The fourth-order valence-corrected chi connectivity index (χ4v) is 2.84. The minimum absolute atomic E-state index is 0. The van der Waals surface area contributed by atoms with Gasteiger partial charge in [0.1, 0.15) is 12.0 Å². The number of benzene rings is 1. The lowest BCUT2D eigenvalue weighted by Gasteiger charge is -2.23. The molecule has 2 atom stereocenters. The molecule has 2 heterocycles. The van der Waals surface area contributed by atoms with Gasteiger partial charge in [0.25, 0.3) is 5.56 Å². The van der Waals surface area contributed by atoms with Crippen LogP contribution < -0.4 is 10.9 Å². The second-order valence-corrected chi connectivity index (χ2v) is 5.68. The van der Waals surface area contributed by atoms with Crippen LogP contribution in [0.25, 0.3) is 10.9 Å². The van der Waals surface area contributed by atoms with Crippen molar-refractivity contribution in [3.8, 4) is 0 Å². The van der Waals surface area contributed by atoms with Crippen LogP contribution in [0.15, 0.2) is 29.1 Å². The number of rotatable bonds is 4.